The van der Waals surface area contributed by atoms with Gasteiger partial charge in [-0.2, -0.15) is 0 Å². The average Bonchev–Trinajstić information content (AvgIpc) is 3.63. The molecule has 0 saturated carbocycles. The lowest BCUT2D eigenvalue weighted by Gasteiger charge is -2.37. The summed E-state index contributed by atoms with van der Waals surface area (Å²) in [6, 6.07) is 8.85. The molecule has 1 amide bonds. The van der Waals surface area contributed by atoms with Gasteiger partial charge in [0.1, 0.15) is 11.6 Å². The van der Waals surface area contributed by atoms with Crippen LogP contribution in [0.25, 0.3) is 0 Å². The standard InChI is InChI=1S/C34H43F5N6O2/c1-23-2-3-24(30(18-23)43-13-8-33(37,38)9-14-43)20-44-15-10-40-32(44)41-31(47)34(39)22-45(26-6-11-42(12-7-26)16-17-46)21-28(34)27-5-4-25(35)19-29(27)36/h2-5,10,15,18-19,26,28,32,40,46H,6-9,11-14,16-17,20-22H2,1H3,(H,41,47)/t28-,32?,34-/m0/s1. The molecule has 2 aromatic carbocycles. The van der Waals surface area contributed by atoms with Crippen molar-refractivity contribution < 1.29 is 31.9 Å². The third kappa shape index (κ3) is 7.22. The summed E-state index contributed by atoms with van der Waals surface area (Å²) in [5, 5.41) is 15.2. The molecule has 4 aliphatic heterocycles. The number of carbonyl (C=O) groups is 1. The zero-order chi connectivity index (χ0) is 33.3. The van der Waals surface area contributed by atoms with E-state index in [1.54, 1.807) is 17.3 Å². The van der Waals surface area contributed by atoms with Crippen molar-refractivity contribution in [3.05, 3.63) is 77.1 Å². The van der Waals surface area contributed by atoms with E-state index in [0.717, 1.165) is 42.0 Å². The number of halogens is 5. The van der Waals surface area contributed by atoms with Crippen LogP contribution >= 0.6 is 0 Å². The number of alkyl halides is 3. The van der Waals surface area contributed by atoms with E-state index in [4.69, 9.17) is 0 Å². The van der Waals surface area contributed by atoms with Gasteiger partial charge in [0.25, 0.3) is 11.8 Å². The van der Waals surface area contributed by atoms with Gasteiger partial charge in [-0.1, -0.05) is 18.2 Å². The predicted octanol–water partition coefficient (Wildman–Crippen LogP) is 4.05. The molecule has 4 aliphatic rings. The second-order valence-corrected chi connectivity index (χ2v) is 13.3. The number of carbonyl (C=O) groups excluding carboxylic acids is 1. The molecule has 0 radical (unpaired) electrons. The van der Waals surface area contributed by atoms with E-state index in [1.165, 1.54) is 6.07 Å². The summed E-state index contributed by atoms with van der Waals surface area (Å²) >= 11 is 0. The lowest BCUT2D eigenvalue weighted by Crippen LogP contribution is -2.57. The van der Waals surface area contributed by atoms with E-state index >= 15 is 8.78 Å². The maximum Gasteiger partial charge on any atom is 0.262 e. The summed E-state index contributed by atoms with van der Waals surface area (Å²) in [7, 11) is 0. The molecule has 6 rings (SSSR count). The molecule has 8 nitrogen and oxygen atoms in total. The van der Waals surface area contributed by atoms with Gasteiger partial charge >= 0.3 is 0 Å². The zero-order valence-corrected chi connectivity index (χ0v) is 26.6. The quantitative estimate of drug-likeness (QED) is 0.350. The first-order chi connectivity index (χ1) is 22.5. The fourth-order valence-corrected chi connectivity index (χ4v) is 7.43. The Bertz CT molecular complexity index is 1460. The number of piperidine rings is 2. The van der Waals surface area contributed by atoms with Gasteiger partial charge in [0.2, 0.25) is 5.67 Å². The van der Waals surface area contributed by atoms with Crippen LogP contribution in [0.3, 0.4) is 0 Å². The minimum atomic E-state index is -2.68. The van der Waals surface area contributed by atoms with Crippen molar-refractivity contribution in [1.29, 1.82) is 0 Å². The third-order valence-corrected chi connectivity index (χ3v) is 10.2. The van der Waals surface area contributed by atoms with Crippen molar-refractivity contribution >= 4 is 11.6 Å². The van der Waals surface area contributed by atoms with Crippen LogP contribution in [-0.4, -0.2) is 102 Å². The molecule has 1 unspecified atom stereocenters. The fourth-order valence-electron chi connectivity index (χ4n) is 7.43. The minimum absolute atomic E-state index is 0.0288. The Labute approximate surface area is 272 Å². The summed E-state index contributed by atoms with van der Waals surface area (Å²) in [5.74, 6) is -6.42. The number of nitrogens with zero attached hydrogens (tertiary/aromatic N) is 4. The van der Waals surface area contributed by atoms with E-state index in [0.29, 0.717) is 25.9 Å². The second kappa shape index (κ2) is 13.6. The van der Waals surface area contributed by atoms with Gasteiger partial charge in [0.05, 0.1) is 6.61 Å². The van der Waals surface area contributed by atoms with Gasteiger partial charge in [0, 0.05) is 88.2 Å². The van der Waals surface area contributed by atoms with Crippen LogP contribution in [0.4, 0.5) is 27.6 Å². The van der Waals surface area contributed by atoms with Crippen LogP contribution in [0.1, 0.15) is 48.3 Å². The fraction of sp³-hybridized carbons (Fsp3) is 0.559. The topological polar surface area (TPSA) is 74.3 Å². The van der Waals surface area contributed by atoms with Crippen LogP contribution in [0.2, 0.25) is 0 Å². The number of aryl methyl sites for hydroxylation is 1. The van der Waals surface area contributed by atoms with Gasteiger partial charge in [-0.3, -0.25) is 9.69 Å². The number of nitrogens with one attached hydrogen (secondary N) is 2. The van der Waals surface area contributed by atoms with Crippen LogP contribution < -0.4 is 15.5 Å². The average molecular weight is 663 g/mol. The molecule has 3 saturated heterocycles. The molecular weight excluding hydrogens is 619 g/mol. The predicted molar refractivity (Wildman–Crippen MR) is 168 cm³/mol. The van der Waals surface area contributed by atoms with Gasteiger partial charge < -0.3 is 30.4 Å². The molecule has 256 valence electrons. The molecule has 3 N–H and O–H groups in total. The summed E-state index contributed by atoms with van der Waals surface area (Å²) in [4.78, 5) is 21.7. The molecule has 0 aliphatic carbocycles. The first-order valence-electron chi connectivity index (χ1n) is 16.4. The molecular formula is C34H43F5N6O2. The highest BCUT2D eigenvalue weighted by molar-refractivity contribution is 5.87. The maximum atomic E-state index is 17.3. The van der Waals surface area contributed by atoms with Gasteiger partial charge in [-0.15, -0.1) is 0 Å². The highest BCUT2D eigenvalue weighted by Gasteiger charge is 2.56. The Hall–Kier alpha value is -3.42. The Morgan fingerprint density at radius 2 is 1.79 bits per heavy atom. The molecule has 47 heavy (non-hydrogen) atoms. The molecule has 3 fully saturated rings. The van der Waals surface area contributed by atoms with Crippen molar-refractivity contribution in [3.63, 3.8) is 0 Å². The van der Waals surface area contributed by atoms with Crippen LogP contribution in [-0.2, 0) is 11.3 Å². The number of hydrogen-bond acceptors (Lipinski definition) is 7. The Balaban J connectivity index is 1.19. The molecule has 3 atom stereocenters. The van der Waals surface area contributed by atoms with Crippen LogP contribution in [0, 0.1) is 18.6 Å². The highest BCUT2D eigenvalue weighted by atomic mass is 19.3. The van der Waals surface area contributed by atoms with Crippen LogP contribution in [0.15, 0.2) is 48.8 Å². The van der Waals surface area contributed by atoms with Gasteiger partial charge in [-0.05, 0) is 61.7 Å². The first kappa shape index (κ1) is 33.5. The summed E-state index contributed by atoms with van der Waals surface area (Å²) in [6.45, 7) is 4.60. The second-order valence-electron chi connectivity index (χ2n) is 13.3. The number of β-amino-alcohol motifs (C(OH)–C–C–N with tert-alkyl or cyclic N) is 1. The molecule has 0 bridgehead atoms. The molecule has 0 aromatic heterocycles. The maximum absolute atomic E-state index is 17.3. The van der Waals surface area contributed by atoms with Crippen molar-refractivity contribution in [3.8, 4) is 0 Å². The monoisotopic (exact) mass is 662 g/mol. The number of hydrogen-bond donors (Lipinski definition) is 3. The highest BCUT2D eigenvalue weighted by Crippen LogP contribution is 2.43. The number of amides is 1. The first-order valence-corrected chi connectivity index (χ1v) is 16.4. The van der Waals surface area contributed by atoms with E-state index in [1.807, 2.05) is 34.9 Å². The lowest BCUT2D eigenvalue weighted by molar-refractivity contribution is -0.135. The van der Waals surface area contributed by atoms with E-state index in [9.17, 15) is 23.1 Å². The van der Waals surface area contributed by atoms with E-state index in [-0.39, 0.29) is 57.2 Å². The van der Waals surface area contributed by atoms with E-state index in [2.05, 4.69) is 15.5 Å². The van der Waals surface area contributed by atoms with E-state index < -0.39 is 41.3 Å². The molecule has 0 spiro atoms. The number of rotatable bonds is 9. The van der Waals surface area contributed by atoms with Gasteiger partial charge in [0.15, 0.2) is 6.29 Å². The smallest absolute Gasteiger partial charge is 0.262 e. The Morgan fingerprint density at radius 3 is 2.49 bits per heavy atom. The Kier molecular flexibility index (Phi) is 9.69. The number of likely N-dealkylation sites (tertiary alicyclic amines) is 2. The molecule has 4 heterocycles. The van der Waals surface area contributed by atoms with Crippen molar-refractivity contribution in [2.75, 3.05) is 57.3 Å². The zero-order valence-electron chi connectivity index (χ0n) is 26.6. The molecule has 13 heteroatoms. The minimum Gasteiger partial charge on any atom is -0.395 e. The van der Waals surface area contributed by atoms with Crippen LogP contribution in [0.5, 0.6) is 0 Å². The van der Waals surface area contributed by atoms with Crippen molar-refractivity contribution in [2.45, 2.75) is 69.0 Å². The number of aliphatic hydroxyl groups is 1. The summed E-state index contributed by atoms with van der Waals surface area (Å²) in [6.07, 6.45) is 3.54. The SMILES string of the molecule is Cc1ccc(CN2C=CNC2NC(=O)[C@]2(F)CN(C3CCN(CCO)CC3)C[C@H]2c2ccc(F)cc2F)c(N2CCC(F)(F)CC2)c1. The largest absolute Gasteiger partial charge is 0.395 e. The normalized spacial score (nSPS) is 27.0. The number of benzene rings is 2. The number of anilines is 1. The Morgan fingerprint density at radius 1 is 1.04 bits per heavy atom. The number of aliphatic hydroxyl groups excluding tert-OH is 1. The van der Waals surface area contributed by atoms with Crippen molar-refractivity contribution in [1.82, 2.24) is 25.3 Å². The van der Waals surface area contributed by atoms with Gasteiger partial charge in [-0.25, -0.2) is 22.0 Å². The summed E-state index contributed by atoms with van der Waals surface area (Å²) < 4.78 is 74.1. The lowest BCUT2D eigenvalue weighted by atomic mass is 9.85. The third-order valence-electron chi connectivity index (χ3n) is 10.2. The molecule has 2 aromatic rings. The summed E-state index contributed by atoms with van der Waals surface area (Å²) in [5.41, 5.74) is 0.148. The van der Waals surface area contributed by atoms with Crippen molar-refractivity contribution in [2.24, 2.45) is 0 Å².